The number of hydrogen-bond donors (Lipinski definition) is 2. The van der Waals surface area contributed by atoms with Gasteiger partial charge in [-0.3, -0.25) is 4.79 Å². The second kappa shape index (κ2) is 7.36. The molecule has 1 aliphatic rings. The monoisotopic (exact) mass is 326 g/mol. The van der Waals surface area contributed by atoms with E-state index >= 15 is 0 Å². The fourth-order valence-corrected chi connectivity index (χ4v) is 2.71. The van der Waals surface area contributed by atoms with Crippen molar-refractivity contribution < 1.29 is 14.3 Å². The van der Waals surface area contributed by atoms with Gasteiger partial charge in [0.15, 0.2) is 11.5 Å². The molecule has 2 N–H and O–H groups in total. The van der Waals surface area contributed by atoms with E-state index in [1.54, 1.807) is 0 Å². The lowest BCUT2D eigenvalue weighted by molar-refractivity contribution is -0.114. The maximum absolute atomic E-state index is 11.3. The topological polar surface area (TPSA) is 59.6 Å². The Hall–Kier alpha value is -2.53. The van der Waals surface area contributed by atoms with Crippen LogP contribution in [0.3, 0.4) is 0 Å². The minimum atomic E-state index is -0.101. The molecular weight excluding hydrogens is 304 g/mol. The minimum absolute atomic E-state index is 0.0625. The molecule has 0 radical (unpaired) electrons. The molecule has 0 unspecified atom stereocenters. The van der Waals surface area contributed by atoms with E-state index in [1.165, 1.54) is 12.5 Å². The fourth-order valence-electron chi connectivity index (χ4n) is 2.71. The summed E-state index contributed by atoms with van der Waals surface area (Å²) in [5, 5.41) is 6.21. The number of anilines is 1. The van der Waals surface area contributed by atoms with Gasteiger partial charge in [0.25, 0.3) is 0 Å². The van der Waals surface area contributed by atoms with E-state index in [0.717, 1.165) is 23.5 Å². The maximum Gasteiger partial charge on any atom is 0.221 e. The standard InChI is InChI=1S/C19H22N2O3/c1-13-17(21-14(2)22)8-9-18-19(13)24-16(12-23-18)11-20-10-15-6-4-3-5-7-15/h3-9,16,20H,10-12H2,1-2H3,(H,21,22)/t16-/m0/s1. The first-order valence-electron chi connectivity index (χ1n) is 8.09. The lowest BCUT2D eigenvalue weighted by Gasteiger charge is -2.28. The Morgan fingerprint density at radius 1 is 1.21 bits per heavy atom. The molecule has 1 amide bonds. The summed E-state index contributed by atoms with van der Waals surface area (Å²) in [6.45, 7) is 5.41. The Morgan fingerprint density at radius 2 is 2.00 bits per heavy atom. The number of carbonyl (C=O) groups is 1. The lowest BCUT2D eigenvalue weighted by Crippen LogP contribution is -2.38. The van der Waals surface area contributed by atoms with Gasteiger partial charge in [0.1, 0.15) is 12.7 Å². The van der Waals surface area contributed by atoms with Crippen LogP contribution >= 0.6 is 0 Å². The van der Waals surface area contributed by atoms with Crippen molar-refractivity contribution in [3.63, 3.8) is 0 Å². The molecule has 0 aliphatic carbocycles. The van der Waals surface area contributed by atoms with Crippen molar-refractivity contribution in [2.24, 2.45) is 0 Å². The van der Waals surface area contributed by atoms with Crippen molar-refractivity contribution in [1.29, 1.82) is 0 Å². The predicted molar refractivity (Wildman–Crippen MR) is 93.5 cm³/mol. The van der Waals surface area contributed by atoms with Gasteiger partial charge in [-0.2, -0.15) is 0 Å². The molecule has 0 fully saturated rings. The van der Waals surface area contributed by atoms with Crippen LogP contribution in [-0.2, 0) is 11.3 Å². The summed E-state index contributed by atoms with van der Waals surface area (Å²) < 4.78 is 11.9. The molecule has 2 aromatic carbocycles. The van der Waals surface area contributed by atoms with Gasteiger partial charge >= 0.3 is 0 Å². The van der Waals surface area contributed by atoms with Crippen LogP contribution in [-0.4, -0.2) is 25.2 Å². The van der Waals surface area contributed by atoms with Gasteiger partial charge in [-0.1, -0.05) is 30.3 Å². The van der Waals surface area contributed by atoms with Crippen LogP contribution in [0.15, 0.2) is 42.5 Å². The van der Waals surface area contributed by atoms with E-state index in [-0.39, 0.29) is 12.0 Å². The lowest BCUT2D eigenvalue weighted by atomic mass is 10.1. The first-order chi connectivity index (χ1) is 11.6. The van der Waals surface area contributed by atoms with Crippen molar-refractivity contribution >= 4 is 11.6 Å². The number of ether oxygens (including phenoxy) is 2. The molecule has 0 saturated heterocycles. The van der Waals surface area contributed by atoms with Crippen LogP contribution in [0.1, 0.15) is 18.1 Å². The number of benzene rings is 2. The Balaban J connectivity index is 1.62. The molecule has 1 heterocycles. The van der Waals surface area contributed by atoms with Gasteiger partial charge in [-0.25, -0.2) is 0 Å². The molecule has 0 spiro atoms. The van der Waals surface area contributed by atoms with Crippen molar-refractivity contribution in [3.05, 3.63) is 53.6 Å². The van der Waals surface area contributed by atoms with Gasteiger partial charge in [-0.05, 0) is 24.6 Å². The van der Waals surface area contributed by atoms with Crippen LogP contribution < -0.4 is 20.1 Å². The highest BCUT2D eigenvalue weighted by Gasteiger charge is 2.23. The number of amides is 1. The Morgan fingerprint density at radius 3 is 2.75 bits per heavy atom. The Bertz CT molecular complexity index is 716. The second-order valence-corrected chi connectivity index (χ2v) is 5.91. The summed E-state index contributed by atoms with van der Waals surface area (Å²) in [6, 6.07) is 13.9. The Labute approximate surface area is 142 Å². The predicted octanol–water partition coefficient (Wildman–Crippen LogP) is 2.88. The number of hydrogen-bond acceptors (Lipinski definition) is 4. The van der Waals surface area contributed by atoms with Crippen molar-refractivity contribution in [3.8, 4) is 11.5 Å². The first kappa shape index (κ1) is 16.3. The zero-order valence-electron chi connectivity index (χ0n) is 14.0. The normalized spacial score (nSPS) is 15.8. The van der Waals surface area contributed by atoms with Crippen molar-refractivity contribution in [2.75, 3.05) is 18.5 Å². The van der Waals surface area contributed by atoms with Gasteiger partial charge in [-0.15, -0.1) is 0 Å². The van der Waals surface area contributed by atoms with Crippen LogP contribution in [0.25, 0.3) is 0 Å². The third-order valence-corrected chi connectivity index (χ3v) is 3.93. The molecule has 3 rings (SSSR count). The number of rotatable bonds is 5. The largest absolute Gasteiger partial charge is 0.486 e. The van der Waals surface area contributed by atoms with Gasteiger partial charge in [0.2, 0.25) is 5.91 Å². The van der Waals surface area contributed by atoms with Crippen molar-refractivity contribution in [2.45, 2.75) is 26.5 Å². The van der Waals surface area contributed by atoms with E-state index in [4.69, 9.17) is 9.47 Å². The minimum Gasteiger partial charge on any atom is -0.486 e. The molecule has 24 heavy (non-hydrogen) atoms. The molecule has 126 valence electrons. The van der Waals surface area contributed by atoms with Crippen LogP contribution in [0.4, 0.5) is 5.69 Å². The van der Waals surface area contributed by atoms with E-state index < -0.39 is 0 Å². The van der Waals surface area contributed by atoms with Crippen LogP contribution in [0, 0.1) is 6.92 Å². The highest BCUT2D eigenvalue weighted by Crippen LogP contribution is 2.38. The molecule has 2 aromatic rings. The SMILES string of the molecule is CC(=O)Nc1ccc2c(c1C)O[C@@H](CNCc1ccccc1)CO2. The number of carbonyl (C=O) groups excluding carboxylic acids is 1. The molecule has 5 nitrogen and oxygen atoms in total. The third kappa shape index (κ3) is 3.86. The second-order valence-electron chi connectivity index (χ2n) is 5.91. The van der Waals surface area contributed by atoms with Crippen LogP contribution in [0.5, 0.6) is 11.5 Å². The summed E-state index contributed by atoms with van der Waals surface area (Å²) in [7, 11) is 0. The molecule has 1 atom stereocenters. The summed E-state index contributed by atoms with van der Waals surface area (Å²) in [4.78, 5) is 11.3. The van der Waals surface area contributed by atoms with Gasteiger partial charge in [0, 0.05) is 31.3 Å². The summed E-state index contributed by atoms with van der Waals surface area (Å²) in [5.74, 6) is 1.33. The zero-order valence-corrected chi connectivity index (χ0v) is 14.0. The molecule has 5 heteroatoms. The van der Waals surface area contributed by atoms with E-state index in [1.807, 2.05) is 37.3 Å². The maximum atomic E-state index is 11.3. The number of fused-ring (bicyclic) bond motifs is 1. The average molecular weight is 326 g/mol. The molecule has 0 saturated carbocycles. The van der Waals surface area contributed by atoms with Gasteiger partial charge < -0.3 is 20.1 Å². The van der Waals surface area contributed by atoms with Crippen molar-refractivity contribution in [1.82, 2.24) is 5.32 Å². The first-order valence-corrected chi connectivity index (χ1v) is 8.09. The molecular formula is C19H22N2O3. The third-order valence-electron chi connectivity index (χ3n) is 3.93. The summed E-state index contributed by atoms with van der Waals surface area (Å²) >= 11 is 0. The average Bonchev–Trinajstić information content (AvgIpc) is 2.58. The molecule has 1 aliphatic heterocycles. The molecule has 0 aromatic heterocycles. The fraction of sp³-hybridized carbons (Fsp3) is 0.316. The van der Waals surface area contributed by atoms with E-state index in [9.17, 15) is 4.79 Å². The summed E-state index contributed by atoms with van der Waals surface area (Å²) in [6.07, 6.45) is -0.0625. The van der Waals surface area contributed by atoms with E-state index in [2.05, 4.69) is 22.8 Å². The quantitative estimate of drug-likeness (QED) is 0.887. The highest BCUT2D eigenvalue weighted by molar-refractivity contribution is 5.90. The molecule has 0 bridgehead atoms. The highest BCUT2D eigenvalue weighted by atomic mass is 16.6. The Kier molecular flexibility index (Phi) is 5.01. The summed E-state index contributed by atoms with van der Waals surface area (Å²) in [5.41, 5.74) is 2.87. The number of nitrogens with one attached hydrogen (secondary N) is 2. The smallest absolute Gasteiger partial charge is 0.221 e. The zero-order chi connectivity index (χ0) is 16.9. The van der Waals surface area contributed by atoms with Gasteiger partial charge in [0.05, 0.1) is 0 Å². The van der Waals surface area contributed by atoms with E-state index in [0.29, 0.717) is 18.9 Å². The van der Waals surface area contributed by atoms with Crippen LogP contribution in [0.2, 0.25) is 0 Å².